The molecule has 0 bridgehead atoms. The van der Waals surface area contributed by atoms with E-state index in [2.05, 4.69) is 18.7 Å². The molecule has 0 N–H and O–H groups in total. The lowest BCUT2D eigenvalue weighted by molar-refractivity contribution is -0.139. The Morgan fingerprint density at radius 2 is 1.76 bits per heavy atom. The number of carbonyl (C=O) groups is 1. The van der Waals surface area contributed by atoms with Gasteiger partial charge in [-0.25, -0.2) is 0 Å². The molecule has 1 amide bonds. The summed E-state index contributed by atoms with van der Waals surface area (Å²) in [5.41, 5.74) is 0. The van der Waals surface area contributed by atoms with Gasteiger partial charge in [-0.3, -0.25) is 9.69 Å². The number of piperazine rings is 1. The molecule has 0 aromatic heterocycles. The van der Waals surface area contributed by atoms with Gasteiger partial charge in [0.2, 0.25) is 5.91 Å². The van der Waals surface area contributed by atoms with Crippen LogP contribution in [0.3, 0.4) is 0 Å². The highest BCUT2D eigenvalue weighted by molar-refractivity contribution is 5.77. The Labute approximate surface area is 105 Å². The first kappa shape index (κ1) is 14.5. The lowest BCUT2D eigenvalue weighted by Gasteiger charge is -2.37. The van der Waals surface area contributed by atoms with E-state index in [1.807, 2.05) is 18.7 Å². The lowest BCUT2D eigenvalue weighted by Crippen LogP contribution is -2.52. The molecule has 4 heteroatoms. The molecular weight excluding hydrogens is 216 g/mol. The molecule has 0 spiro atoms. The minimum Gasteiger partial charge on any atom is -0.369 e. The van der Waals surface area contributed by atoms with Crippen LogP contribution >= 0.6 is 0 Å². The molecule has 4 nitrogen and oxygen atoms in total. The maximum absolute atomic E-state index is 11.8. The summed E-state index contributed by atoms with van der Waals surface area (Å²) in [7, 11) is 0. The standard InChI is InChI=1S/C13H26N2O2/c1-5-12(4)14-6-8-15(9-7-14)13(16)10-17-11(2)3/h11-12H,5-10H2,1-4H3. The number of hydrogen-bond acceptors (Lipinski definition) is 3. The van der Waals surface area contributed by atoms with Crippen molar-refractivity contribution in [3.05, 3.63) is 0 Å². The third-order valence-corrected chi connectivity index (χ3v) is 3.42. The smallest absolute Gasteiger partial charge is 0.248 e. The summed E-state index contributed by atoms with van der Waals surface area (Å²) in [4.78, 5) is 16.2. The Bertz CT molecular complexity index is 236. The minimum absolute atomic E-state index is 0.125. The Hall–Kier alpha value is -0.610. The Kier molecular flexibility index (Phi) is 5.92. The van der Waals surface area contributed by atoms with Crippen LogP contribution in [0.25, 0.3) is 0 Å². The van der Waals surface area contributed by atoms with Crippen LogP contribution in [0, 0.1) is 0 Å². The Morgan fingerprint density at radius 1 is 1.18 bits per heavy atom. The van der Waals surface area contributed by atoms with Crippen LogP contribution in [-0.2, 0) is 9.53 Å². The van der Waals surface area contributed by atoms with E-state index in [4.69, 9.17) is 4.74 Å². The number of nitrogens with zero attached hydrogens (tertiary/aromatic N) is 2. The van der Waals surface area contributed by atoms with Gasteiger partial charge in [-0.05, 0) is 27.2 Å². The summed E-state index contributed by atoms with van der Waals surface area (Å²) >= 11 is 0. The van der Waals surface area contributed by atoms with Crippen LogP contribution < -0.4 is 0 Å². The zero-order chi connectivity index (χ0) is 12.8. The van der Waals surface area contributed by atoms with E-state index in [9.17, 15) is 4.79 Å². The van der Waals surface area contributed by atoms with Crippen LogP contribution in [-0.4, -0.2) is 60.6 Å². The molecule has 1 unspecified atom stereocenters. The zero-order valence-corrected chi connectivity index (χ0v) is 11.6. The van der Waals surface area contributed by atoms with Gasteiger partial charge >= 0.3 is 0 Å². The van der Waals surface area contributed by atoms with Crippen molar-refractivity contribution in [3.63, 3.8) is 0 Å². The van der Waals surface area contributed by atoms with Crippen LogP contribution in [0.4, 0.5) is 0 Å². The number of hydrogen-bond donors (Lipinski definition) is 0. The SMILES string of the molecule is CCC(C)N1CCN(C(=O)COC(C)C)CC1. The molecule has 0 aromatic carbocycles. The van der Waals surface area contributed by atoms with Gasteiger partial charge < -0.3 is 9.64 Å². The lowest BCUT2D eigenvalue weighted by atomic mass is 10.2. The molecule has 1 saturated heterocycles. The topological polar surface area (TPSA) is 32.8 Å². The molecule has 0 aromatic rings. The van der Waals surface area contributed by atoms with Crippen molar-refractivity contribution >= 4 is 5.91 Å². The minimum atomic E-state index is 0.125. The van der Waals surface area contributed by atoms with E-state index < -0.39 is 0 Å². The molecule has 0 radical (unpaired) electrons. The highest BCUT2D eigenvalue weighted by atomic mass is 16.5. The van der Waals surface area contributed by atoms with Crippen molar-refractivity contribution in [2.75, 3.05) is 32.8 Å². The normalized spacial score (nSPS) is 19.7. The molecule has 1 heterocycles. The fourth-order valence-electron chi connectivity index (χ4n) is 2.00. The zero-order valence-electron chi connectivity index (χ0n) is 11.6. The van der Waals surface area contributed by atoms with Gasteiger partial charge in [0, 0.05) is 32.2 Å². The number of ether oxygens (including phenoxy) is 1. The average Bonchev–Trinajstić information content (AvgIpc) is 2.35. The Balaban J connectivity index is 2.28. The predicted molar refractivity (Wildman–Crippen MR) is 69.0 cm³/mol. The number of carbonyl (C=O) groups excluding carboxylic acids is 1. The highest BCUT2D eigenvalue weighted by Gasteiger charge is 2.23. The maximum atomic E-state index is 11.8. The van der Waals surface area contributed by atoms with Crippen molar-refractivity contribution in [1.82, 2.24) is 9.80 Å². The van der Waals surface area contributed by atoms with Crippen LogP contribution in [0.1, 0.15) is 34.1 Å². The molecule has 17 heavy (non-hydrogen) atoms. The van der Waals surface area contributed by atoms with E-state index in [1.165, 1.54) is 6.42 Å². The van der Waals surface area contributed by atoms with Gasteiger partial charge in [0.25, 0.3) is 0 Å². The summed E-state index contributed by atoms with van der Waals surface area (Å²) in [5, 5.41) is 0. The van der Waals surface area contributed by atoms with Crippen LogP contribution in [0.5, 0.6) is 0 Å². The van der Waals surface area contributed by atoms with Crippen molar-refractivity contribution in [2.45, 2.75) is 46.3 Å². The summed E-state index contributed by atoms with van der Waals surface area (Å²) in [5.74, 6) is 0.127. The van der Waals surface area contributed by atoms with Crippen molar-refractivity contribution < 1.29 is 9.53 Å². The van der Waals surface area contributed by atoms with E-state index in [1.54, 1.807) is 0 Å². The van der Waals surface area contributed by atoms with Gasteiger partial charge in [-0.2, -0.15) is 0 Å². The summed E-state index contributed by atoms with van der Waals surface area (Å²) < 4.78 is 5.35. The largest absolute Gasteiger partial charge is 0.369 e. The van der Waals surface area contributed by atoms with Gasteiger partial charge in [-0.1, -0.05) is 6.92 Å². The second-order valence-electron chi connectivity index (χ2n) is 5.03. The van der Waals surface area contributed by atoms with Crippen molar-refractivity contribution in [3.8, 4) is 0 Å². The second kappa shape index (κ2) is 6.97. The van der Waals surface area contributed by atoms with E-state index in [0.29, 0.717) is 6.04 Å². The number of amides is 1. The van der Waals surface area contributed by atoms with Gasteiger partial charge in [-0.15, -0.1) is 0 Å². The first-order valence-corrected chi connectivity index (χ1v) is 6.68. The average molecular weight is 242 g/mol. The molecule has 1 atom stereocenters. The summed E-state index contributed by atoms with van der Waals surface area (Å²) in [6, 6.07) is 0.624. The van der Waals surface area contributed by atoms with Crippen LogP contribution in [0.2, 0.25) is 0 Å². The third kappa shape index (κ3) is 4.64. The fraction of sp³-hybridized carbons (Fsp3) is 0.923. The molecule has 1 rings (SSSR count). The van der Waals surface area contributed by atoms with Crippen molar-refractivity contribution in [2.24, 2.45) is 0 Å². The maximum Gasteiger partial charge on any atom is 0.248 e. The first-order valence-electron chi connectivity index (χ1n) is 6.68. The van der Waals surface area contributed by atoms with E-state index in [0.717, 1.165) is 26.2 Å². The Morgan fingerprint density at radius 3 is 2.24 bits per heavy atom. The monoisotopic (exact) mass is 242 g/mol. The third-order valence-electron chi connectivity index (χ3n) is 3.42. The molecule has 0 aliphatic carbocycles. The summed E-state index contributed by atoms with van der Waals surface area (Å²) in [6.07, 6.45) is 1.30. The predicted octanol–water partition coefficient (Wildman–Crippen LogP) is 1.35. The van der Waals surface area contributed by atoms with Gasteiger partial charge in [0.15, 0.2) is 0 Å². The quantitative estimate of drug-likeness (QED) is 0.729. The fourth-order valence-corrected chi connectivity index (χ4v) is 2.00. The van der Waals surface area contributed by atoms with Crippen molar-refractivity contribution in [1.29, 1.82) is 0 Å². The summed E-state index contributed by atoms with van der Waals surface area (Å²) in [6.45, 7) is 12.2. The van der Waals surface area contributed by atoms with Gasteiger partial charge in [0.1, 0.15) is 6.61 Å². The number of rotatable bonds is 5. The van der Waals surface area contributed by atoms with Gasteiger partial charge in [0.05, 0.1) is 6.10 Å². The van der Waals surface area contributed by atoms with E-state index >= 15 is 0 Å². The molecule has 0 saturated carbocycles. The molecule has 1 fully saturated rings. The first-order chi connectivity index (χ1) is 8.04. The molecule has 1 aliphatic rings. The second-order valence-corrected chi connectivity index (χ2v) is 5.03. The van der Waals surface area contributed by atoms with Crippen LogP contribution in [0.15, 0.2) is 0 Å². The molecule has 100 valence electrons. The molecular formula is C13H26N2O2. The molecule has 1 aliphatic heterocycles. The highest BCUT2D eigenvalue weighted by Crippen LogP contribution is 2.09. The van der Waals surface area contributed by atoms with E-state index in [-0.39, 0.29) is 18.6 Å².